The SMILES string of the molecule is CO[C@@H]1O[C@H](COCc2ccccc2)[C@H](OCc2ccccc2)[C@H](OCc2ccccc2)[C@H]1[N+](=O)[O-]. The number of rotatable bonds is 12. The van der Waals surface area contributed by atoms with Crippen LogP contribution in [0.4, 0.5) is 0 Å². The van der Waals surface area contributed by atoms with E-state index in [-0.39, 0.29) is 19.8 Å². The molecule has 3 aromatic carbocycles. The Labute approximate surface area is 210 Å². The molecule has 1 aliphatic heterocycles. The lowest BCUT2D eigenvalue weighted by Crippen LogP contribution is -2.63. The minimum Gasteiger partial charge on any atom is -0.374 e. The molecule has 0 spiro atoms. The second-order valence-electron chi connectivity index (χ2n) is 8.58. The van der Waals surface area contributed by atoms with Crippen LogP contribution in [-0.4, -0.2) is 49.3 Å². The Morgan fingerprint density at radius 2 is 1.22 bits per heavy atom. The molecule has 1 heterocycles. The first-order chi connectivity index (χ1) is 17.7. The van der Waals surface area contributed by atoms with E-state index >= 15 is 0 Å². The molecule has 8 heteroatoms. The standard InChI is InChI=1S/C28H31NO7/c1-32-28-25(29(30)31)27(35-19-23-15-9-4-10-16-23)26(34-18-22-13-7-3-8-14-22)24(36-28)20-33-17-21-11-5-2-6-12-21/h2-16,24-28H,17-20H2,1H3/t24-,25-,26+,27-,28-/m1/s1. The molecule has 1 fully saturated rings. The van der Waals surface area contributed by atoms with Crippen molar-refractivity contribution in [2.24, 2.45) is 0 Å². The van der Waals surface area contributed by atoms with Crippen LogP contribution in [0.3, 0.4) is 0 Å². The zero-order chi connectivity index (χ0) is 25.2. The fraction of sp³-hybridized carbons (Fsp3) is 0.357. The Morgan fingerprint density at radius 1 is 0.750 bits per heavy atom. The van der Waals surface area contributed by atoms with Crippen LogP contribution in [0.5, 0.6) is 0 Å². The smallest absolute Gasteiger partial charge is 0.291 e. The van der Waals surface area contributed by atoms with Crippen molar-refractivity contribution in [3.05, 3.63) is 118 Å². The van der Waals surface area contributed by atoms with E-state index in [0.29, 0.717) is 6.61 Å². The summed E-state index contributed by atoms with van der Waals surface area (Å²) in [5.74, 6) is 0. The molecule has 0 radical (unpaired) electrons. The van der Waals surface area contributed by atoms with Crippen LogP contribution >= 0.6 is 0 Å². The van der Waals surface area contributed by atoms with E-state index in [4.69, 9.17) is 23.7 Å². The van der Waals surface area contributed by atoms with Crippen molar-refractivity contribution in [3.63, 3.8) is 0 Å². The van der Waals surface area contributed by atoms with Gasteiger partial charge in [0.1, 0.15) is 12.2 Å². The second kappa shape index (κ2) is 13.2. The highest BCUT2D eigenvalue weighted by Gasteiger charge is 2.54. The maximum absolute atomic E-state index is 12.1. The van der Waals surface area contributed by atoms with Gasteiger partial charge in [-0.25, -0.2) is 0 Å². The van der Waals surface area contributed by atoms with Gasteiger partial charge >= 0.3 is 0 Å². The number of nitrogens with zero attached hydrogens (tertiary/aromatic N) is 1. The van der Waals surface area contributed by atoms with Gasteiger partial charge in [0.2, 0.25) is 6.29 Å². The summed E-state index contributed by atoms with van der Waals surface area (Å²) in [5.41, 5.74) is 2.85. The number of ether oxygens (including phenoxy) is 5. The van der Waals surface area contributed by atoms with Crippen LogP contribution in [0.2, 0.25) is 0 Å². The highest BCUT2D eigenvalue weighted by Crippen LogP contribution is 2.30. The summed E-state index contributed by atoms with van der Waals surface area (Å²) in [6, 6.07) is 27.7. The van der Waals surface area contributed by atoms with Gasteiger partial charge in [-0.2, -0.15) is 0 Å². The van der Waals surface area contributed by atoms with E-state index in [9.17, 15) is 10.1 Å². The van der Waals surface area contributed by atoms with Gasteiger partial charge < -0.3 is 23.7 Å². The molecule has 1 saturated heterocycles. The third kappa shape index (κ3) is 6.96. The lowest BCUT2D eigenvalue weighted by molar-refractivity contribution is -0.576. The molecule has 0 bridgehead atoms. The number of nitro groups is 1. The maximum atomic E-state index is 12.1. The van der Waals surface area contributed by atoms with E-state index < -0.39 is 35.6 Å². The van der Waals surface area contributed by atoms with Crippen LogP contribution in [-0.2, 0) is 43.5 Å². The molecule has 1 aliphatic rings. The van der Waals surface area contributed by atoms with E-state index in [1.165, 1.54) is 7.11 Å². The lowest BCUT2D eigenvalue weighted by atomic mass is 9.96. The van der Waals surface area contributed by atoms with E-state index in [0.717, 1.165) is 16.7 Å². The van der Waals surface area contributed by atoms with Gasteiger partial charge in [0.05, 0.1) is 26.4 Å². The minimum atomic E-state index is -1.27. The largest absolute Gasteiger partial charge is 0.374 e. The van der Waals surface area contributed by atoms with Gasteiger partial charge in [-0.05, 0) is 16.7 Å². The van der Waals surface area contributed by atoms with Gasteiger partial charge in [-0.1, -0.05) is 91.0 Å². The van der Waals surface area contributed by atoms with Crippen LogP contribution in [0.25, 0.3) is 0 Å². The van der Waals surface area contributed by atoms with Crippen molar-refractivity contribution < 1.29 is 28.6 Å². The summed E-state index contributed by atoms with van der Waals surface area (Å²) in [5, 5.41) is 12.1. The molecule has 0 N–H and O–H groups in total. The van der Waals surface area contributed by atoms with Crippen molar-refractivity contribution in [3.8, 4) is 0 Å². The zero-order valence-electron chi connectivity index (χ0n) is 20.2. The Balaban J connectivity index is 1.55. The molecule has 190 valence electrons. The summed E-state index contributed by atoms with van der Waals surface area (Å²) in [4.78, 5) is 11.7. The average molecular weight is 494 g/mol. The molecule has 0 amide bonds. The van der Waals surface area contributed by atoms with Gasteiger partial charge in [0.15, 0.2) is 6.10 Å². The summed E-state index contributed by atoms with van der Waals surface area (Å²) >= 11 is 0. The first kappa shape index (κ1) is 25.9. The predicted octanol–water partition coefficient (Wildman–Crippen LogP) is 4.39. The summed E-state index contributed by atoms with van der Waals surface area (Å²) in [6.07, 6.45) is -3.43. The normalized spacial score (nSPS) is 23.9. The summed E-state index contributed by atoms with van der Waals surface area (Å²) in [6.45, 7) is 0.966. The molecule has 3 aromatic rings. The Morgan fingerprint density at radius 3 is 1.69 bits per heavy atom. The van der Waals surface area contributed by atoms with Crippen molar-refractivity contribution in [2.45, 2.75) is 50.5 Å². The molecular weight excluding hydrogens is 462 g/mol. The van der Waals surface area contributed by atoms with Gasteiger partial charge in [0.25, 0.3) is 6.04 Å². The first-order valence-electron chi connectivity index (χ1n) is 11.9. The lowest BCUT2D eigenvalue weighted by Gasteiger charge is -2.41. The molecule has 0 unspecified atom stereocenters. The van der Waals surface area contributed by atoms with Crippen LogP contribution < -0.4 is 0 Å². The first-order valence-corrected chi connectivity index (χ1v) is 11.9. The van der Waals surface area contributed by atoms with Gasteiger partial charge in [-0.15, -0.1) is 0 Å². The average Bonchev–Trinajstić information content (AvgIpc) is 2.92. The molecule has 0 saturated carbocycles. The topological polar surface area (TPSA) is 89.3 Å². The van der Waals surface area contributed by atoms with E-state index in [2.05, 4.69) is 0 Å². The van der Waals surface area contributed by atoms with Crippen molar-refractivity contribution >= 4 is 0 Å². The highest BCUT2D eigenvalue weighted by molar-refractivity contribution is 5.15. The molecule has 4 rings (SSSR count). The third-order valence-electron chi connectivity index (χ3n) is 6.05. The van der Waals surface area contributed by atoms with Crippen LogP contribution in [0.15, 0.2) is 91.0 Å². The minimum absolute atomic E-state index is 0.157. The Bertz CT molecular complexity index is 1050. The van der Waals surface area contributed by atoms with Crippen molar-refractivity contribution in [1.29, 1.82) is 0 Å². The van der Waals surface area contributed by atoms with Gasteiger partial charge in [0, 0.05) is 12.0 Å². The number of methoxy groups -OCH3 is 1. The number of hydrogen-bond donors (Lipinski definition) is 0. The fourth-order valence-electron chi connectivity index (χ4n) is 4.24. The zero-order valence-corrected chi connectivity index (χ0v) is 20.2. The van der Waals surface area contributed by atoms with Crippen LogP contribution in [0, 0.1) is 10.1 Å². The second-order valence-corrected chi connectivity index (χ2v) is 8.58. The predicted molar refractivity (Wildman–Crippen MR) is 133 cm³/mol. The molecule has 8 nitrogen and oxygen atoms in total. The molecule has 0 aromatic heterocycles. The number of benzene rings is 3. The quantitative estimate of drug-likeness (QED) is 0.273. The maximum Gasteiger partial charge on any atom is 0.291 e. The van der Waals surface area contributed by atoms with E-state index in [1.54, 1.807) is 0 Å². The Kier molecular flexibility index (Phi) is 9.54. The third-order valence-corrected chi connectivity index (χ3v) is 6.05. The highest BCUT2D eigenvalue weighted by atomic mass is 16.7. The molecule has 36 heavy (non-hydrogen) atoms. The number of hydrogen-bond acceptors (Lipinski definition) is 7. The van der Waals surface area contributed by atoms with Crippen LogP contribution in [0.1, 0.15) is 16.7 Å². The Hall–Kier alpha value is -3.14. The van der Waals surface area contributed by atoms with Crippen molar-refractivity contribution in [1.82, 2.24) is 0 Å². The molecular formula is C28H31NO7. The monoisotopic (exact) mass is 493 g/mol. The molecule has 5 atom stereocenters. The fourth-order valence-corrected chi connectivity index (χ4v) is 4.24. The molecule has 0 aliphatic carbocycles. The summed E-state index contributed by atoms with van der Waals surface area (Å²) in [7, 11) is 1.39. The van der Waals surface area contributed by atoms with Crippen molar-refractivity contribution in [2.75, 3.05) is 13.7 Å². The van der Waals surface area contributed by atoms with E-state index in [1.807, 2.05) is 91.0 Å². The van der Waals surface area contributed by atoms with Gasteiger partial charge in [-0.3, -0.25) is 10.1 Å². The summed E-state index contributed by atoms with van der Waals surface area (Å²) < 4.78 is 29.8.